The molecule has 2 aromatic carbocycles. The number of hydrogen-bond donors (Lipinski definition) is 0. The molecule has 0 N–H and O–H groups in total. The largest absolute Gasteiger partial charge is 0.292 e. The molecule has 0 spiro atoms. The predicted molar refractivity (Wildman–Crippen MR) is 121 cm³/mol. The maximum absolute atomic E-state index is 13.6. The highest BCUT2D eigenvalue weighted by Crippen LogP contribution is 2.37. The summed E-state index contributed by atoms with van der Waals surface area (Å²) in [5.74, 6) is -3.45. The van der Waals surface area contributed by atoms with E-state index < -0.39 is 46.3 Å². The van der Waals surface area contributed by atoms with Crippen molar-refractivity contribution in [1.82, 2.24) is 10.0 Å². The normalized spacial score (nSPS) is 20.1. The van der Waals surface area contributed by atoms with Crippen LogP contribution < -0.4 is 0 Å². The second-order valence-corrected chi connectivity index (χ2v) is 8.50. The maximum Gasteiger partial charge on any atom is 0.273 e. The lowest BCUT2D eigenvalue weighted by Crippen LogP contribution is -2.56. The number of Topliss-reactive ketones (excluding diaryl/α,β-unsaturated/α-hetero) is 1. The first-order valence-electron chi connectivity index (χ1n) is 10.9. The summed E-state index contributed by atoms with van der Waals surface area (Å²) in [6.45, 7) is 3.34. The fraction of sp³-hybridized carbons (Fsp3) is 0.280. The van der Waals surface area contributed by atoms with Crippen molar-refractivity contribution in [3.05, 3.63) is 87.5 Å². The van der Waals surface area contributed by atoms with Crippen LogP contribution in [0.15, 0.2) is 60.7 Å². The third-order valence-electron chi connectivity index (χ3n) is 6.32. The first-order chi connectivity index (χ1) is 16.2. The third kappa shape index (κ3) is 4.00. The lowest BCUT2D eigenvalue weighted by atomic mass is 9.85. The number of benzene rings is 2. The fourth-order valence-corrected chi connectivity index (χ4v) is 4.36. The molecule has 3 amide bonds. The number of amides is 3. The molecule has 3 atom stereocenters. The number of ketones is 1. The Morgan fingerprint density at radius 1 is 0.941 bits per heavy atom. The molecule has 1 aliphatic heterocycles. The molecule has 9 nitrogen and oxygen atoms in total. The topological polar surface area (TPSA) is 118 Å². The second-order valence-electron chi connectivity index (χ2n) is 8.50. The number of fused-ring (bicyclic) bond motifs is 1. The number of hydrazine groups is 1. The quantitative estimate of drug-likeness (QED) is 0.214. The minimum Gasteiger partial charge on any atom is -0.292 e. The zero-order valence-electron chi connectivity index (χ0n) is 18.7. The van der Waals surface area contributed by atoms with Crippen LogP contribution in [-0.4, -0.2) is 44.5 Å². The van der Waals surface area contributed by atoms with Crippen molar-refractivity contribution in [3.63, 3.8) is 0 Å². The van der Waals surface area contributed by atoms with Gasteiger partial charge in [0.05, 0.1) is 16.8 Å². The molecular formula is C25H23N3O6. The number of carbonyl (C=O) groups excluding carboxylic acids is 4. The molecule has 1 heterocycles. The molecule has 4 rings (SSSR count). The van der Waals surface area contributed by atoms with Gasteiger partial charge in [-0.25, -0.2) is 5.01 Å². The van der Waals surface area contributed by atoms with Gasteiger partial charge < -0.3 is 0 Å². The van der Waals surface area contributed by atoms with Crippen LogP contribution in [0.3, 0.4) is 0 Å². The Labute approximate surface area is 195 Å². The Bertz CT molecular complexity index is 1180. The molecule has 1 fully saturated rings. The number of non-ortho nitro benzene ring substituents is 1. The van der Waals surface area contributed by atoms with Gasteiger partial charge in [0.1, 0.15) is 6.04 Å². The van der Waals surface area contributed by atoms with Crippen LogP contribution >= 0.6 is 0 Å². The Morgan fingerprint density at radius 3 is 1.94 bits per heavy atom. The number of nitro groups is 1. The summed E-state index contributed by atoms with van der Waals surface area (Å²) in [6.07, 6.45) is 4.43. The van der Waals surface area contributed by atoms with E-state index in [4.69, 9.17) is 0 Å². The molecule has 2 aromatic rings. The van der Waals surface area contributed by atoms with Gasteiger partial charge in [-0.3, -0.25) is 29.3 Å². The minimum atomic E-state index is -1.17. The van der Waals surface area contributed by atoms with Crippen LogP contribution in [0.5, 0.6) is 0 Å². The van der Waals surface area contributed by atoms with E-state index in [0.29, 0.717) is 18.4 Å². The van der Waals surface area contributed by atoms with Crippen molar-refractivity contribution < 1.29 is 24.1 Å². The number of rotatable bonds is 6. The zero-order valence-corrected chi connectivity index (χ0v) is 18.7. The van der Waals surface area contributed by atoms with Gasteiger partial charge in [0.2, 0.25) is 0 Å². The molecule has 0 radical (unpaired) electrons. The molecule has 34 heavy (non-hydrogen) atoms. The third-order valence-corrected chi connectivity index (χ3v) is 6.32. The van der Waals surface area contributed by atoms with Crippen LogP contribution in [0.1, 0.15) is 46.0 Å². The fourth-order valence-electron chi connectivity index (χ4n) is 4.36. The van der Waals surface area contributed by atoms with Crippen LogP contribution in [0.25, 0.3) is 0 Å². The number of carbonyl (C=O) groups is 4. The first-order valence-corrected chi connectivity index (χ1v) is 10.9. The highest BCUT2D eigenvalue weighted by molar-refractivity contribution is 6.10. The van der Waals surface area contributed by atoms with Crippen molar-refractivity contribution in [2.24, 2.45) is 11.8 Å². The zero-order chi connectivity index (χ0) is 24.6. The molecular weight excluding hydrogens is 438 g/mol. The number of hydrogen-bond acceptors (Lipinski definition) is 6. The van der Waals surface area contributed by atoms with Gasteiger partial charge in [-0.05, 0) is 38.8 Å². The molecule has 1 aliphatic carbocycles. The number of nitrogens with zero attached hydrogens (tertiary/aromatic N) is 3. The first kappa shape index (κ1) is 23.0. The Hall–Kier alpha value is -4.14. The van der Waals surface area contributed by atoms with E-state index >= 15 is 0 Å². The number of aryl methyl sites for hydroxylation is 1. The summed E-state index contributed by atoms with van der Waals surface area (Å²) in [6, 6.07) is 10.4. The molecule has 1 saturated heterocycles. The summed E-state index contributed by atoms with van der Waals surface area (Å²) in [5, 5.41) is 12.7. The van der Waals surface area contributed by atoms with E-state index in [9.17, 15) is 29.3 Å². The van der Waals surface area contributed by atoms with Crippen molar-refractivity contribution in [2.45, 2.75) is 32.7 Å². The van der Waals surface area contributed by atoms with Gasteiger partial charge in [-0.1, -0.05) is 42.0 Å². The van der Waals surface area contributed by atoms with Crippen molar-refractivity contribution in [3.8, 4) is 0 Å². The summed E-state index contributed by atoms with van der Waals surface area (Å²) in [4.78, 5) is 63.8. The van der Waals surface area contributed by atoms with E-state index in [-0.39, 0.29) is 11.3 Å². The highest BCUT2D eigenvalue weighted by Gasteiger charge is 2.52. The number of nitro benzene ring substituents is 1. The number of allylic oxidation sites excluding steroid dienone is 2. The van der Waals surface area contributed by atoms with Gasteiger partial charge >= 0.3 is 0 Å². The molecule has 0 bridgehead atoms. The van der Waals surface area contributed by atoms with E-state index in [1.807, 2.05) is 19.1 Å². The van der Waals surface area contributed by atoms with Gasteiger partial charge in [0.25, 0.3) is 23.4 Å². The molecule has 9 heteroatoms. The molecule has 2 aliphatic rings. The Kier molecular flexibility index (Phi) is 6.10. The van der Waals surface area contributed by atoms with E-state index in [1.54, 1.807) is 24.3 Å². The van der Waals surface area contributed by atoms with Gasteiger partial charge in [-0.15, -0.1) is 0 Å². The smallest absolute Gasteiger partial charge is 0.273 e. The predicted octanol–water partition coefficient (Wildman–Crippen LogP) is 3.48. The molecule has 0 aromatic heterocycles. The SMILES string of the molecule is Cc1ccc(C(=O)[C@H](C)N(C(=O)c2ccc([N+](=O)[O-])cc2)N2C(=O)[C@H]3CC=CC[C@H]3C2=O)cc1. The van der Waals surface area contributed by atoms with Crippen LogP contribution in [0, 0.1) is 28.9 Å². The Balaban J connectivity index is 1.74. The van der Waals surface area contributed by atoms with Crippen molar-refractivity contribution >= 4 is 29.2 Å². The number of imide groups is 1. The van der Waals surface area contributed by atoms with Crippen LogP contribution in [0.2, 0.25) is 0 Å². The Morgan fingerprint density at radius 2 is 1.44 bits per heavy atom. The van der Waals surface area contributed by atoms with E-state index in [0.717, 1.165) is 27.7 Å². The summed E-state index contributed by atoms with van der Waals surface area (Å²) < 4.78 is 0. The average molecular weight is 461 g/mol. The van der Waals surface area contributed by atoms with Crippen molar-refractivity contribution in [2.75, 3.05) is 0 Å². The molecule has 0 saturated carbocycles. The van der Waals surface area contributed by atoms with Crippen molar-refractivity contribution in [1.29, 1.82) is 0 Å². The van der Waals surface area contributed by atoms with Crippen LogP contribution in [-0.2, 0) is 9.59 Å². The summed E-state index contributed by atoms with van der Waals surface area (Å²) in [7, 11) is 0. The average Bonchev–Trinajstić information content (AvgIpc) is 3.09. The highest BCUT2D eigenvalue weighted by atomic mass is 16.6. The monoisotopic (exact) mass is 461 g/mol. The lowest BCUT2D eigenvalue weighted by molar-refractivity contribution is -0.384. The lowest BCUT2D eigenvalue weighted by Gasteiger charge is -2.34. The minimum absolute atomic E-state index is 0.0164. The van der Waals surface area contributed by atoms with E-state index in [1.165, 1.54) is 19.1 Å². The second kappa shape index (κ2) is 9.01. The summed E-state index contributed by atoms with van der Waals surface area (Å²) >= 11 is 0. The van der Waals surface area contributed by atoms with Gasteiger partial charge in [-0.2, -0.15) is 5.01 Å². The molecule has 0 unspecified atom stereocenters. The summed E-state index contributed by atoms with van der Waals surface area (Å²) in [5.41, 5.74) is 1.09. The van der Waals surface area contributed by atoms with Gasteiger partial charge in [0.15, 0.2) is 5.78 Å². The standard InChI is InChI=1S/C25H23N3O6/c1-15-7-9-17(10-8-15)22(29)16(2)26(23(30)18-11-13-19(14-12-18)28(33)34)27-24(31)20-5-3-4-6-21(20)25(27)32/h3-4,7-14,16,20-21H,5-6H2,1-2H3/t16-,20-,21+/m0/s1. The van der Waals surface area contributed by atoms with Gasteiger partial charge in [0, 0.05) is 23.3 Å². The van der Waals surface area contributed by atoms with Crippen LogP contribution in [0.4, 0.5) is 5.69 Å². The maximum atomic E-state index is 13.6. The van der Waals surface area contributed by atoms with E-state index in [2.05, 4.69) is 0 Å². The molecule has 174 valence electrons.